The number of benzene rings is 2. The second-order valence-electron chi connectivity index (χ2n) is 7.73. The Labute approximate surface area is 193 Å². The second-order valence-corrected chi connectivity index (χ2v) is 9.50. The van der Waals surface area contributed by atoms with E-state index in [4.69, 9.17) is 9.47 Å². The molecule has 2 fully saturated rings. The molecular weight excluding hydrogens is 482 g/mol. The Morgan fingerprint density at radius 3 is 2.50 bits per heavy atom. The van der Waals surface area contributed by atoms with Crippen molar-refractivity contribution in [3.8, 4) is 0 Å². The van der Waals surface area contributed by atoms with Crippen LogP contribution in [0.5, 0.6) is 0 Å². The van der Waals surface area contributed by atoms with E-state index in [1.165, 1.54) is 6.07 Å². The van der Waals surface area contributed by atoms with Gasteiger partial charge in [0.15, 0.2) is 0 Å². The van der Waals surface area contributed by atoms with Gasteiger partial charge in [-0.05, 0) is 36.4 Å². The van der Waals surface area contributed by atoms with Gasteiger partial charge in [0, 0.05) is 19.6 Å². The first-order valence-corrected chi connectivity index (χ1v) is 11.8. The van der Waals surface area contributed by atoms with Crippen LogP contribution in [0.15, 0.2) is 47.4 Å². The van der Waals surface area contributed by atoms with Crippen molar-refractivity contribution in [1.82, 2.24) is 4.72 Å². The third-order valence-corrected chi connectivity index (χ3v) is 6.86. The predicted molar refractivity (Wildman–Crippen MR) is 114 cm³/mol. The molecule has 34 heavy (non-hydrogen) atoms. The number of morpholine rings is 1. The maximum atomic E-state index is 14.7. The molecule has 2 aromatic rings. The minimum absolute atomic E-state index is 0.0692. The first kappa shape index (κ1) is 24.2. The van der Waals surface area contributed by atoms with Gasteiger partial charge in [0.1, 0.15) is 11.9 Å². The summed E-state index contributed by atoms with van der Waals surface area (Å²) < 4.78 is 90.8. The standard InChI is InChI=1S/C21H21F4N3O5S/c22-18-11-15(4-5-19(18)27-6-8-32-9-7-27)28-13-16(33-20(28)29)12-26-34(30,31)17-3-1-2-14(10-17)21(23,24)25/h1-5,10-11,16,26H,6-9,12-13H2/t16-/m0/s1. The SMILES string of the molecule is O=C1O[C@@H](CNS(=O)(=O)c2cccc(C(F)(F)F)c2)CN1c1ccc(N2CCOCC2)c(F)c1. The number of sulfonamides is 1. The monoisotopic (exact) mass is 503 g/mol. The third kappa shape index (κ3) is 5.26. The molecule has 8 nitrogen and oxygen atoms in total. The molecule has 0 aromatic heterocycles. The molecule has 0 radical (unpaired) electrons. The van der Waals surface area contributed by atoms with Gasteiger partial charge < -0.3 is 14.4 Å². The number of nitrogens with one attached hydrogen (secondary N) is 1. The van der Waals surface area contributed by atoms with Crippen LogP contribution in [0.2, 0.25) is 0 Å². The molecule has 1 amide bonds. The lowest BCUT2D eigenvalue weighted by Gasteiger charge is -2.29. The van der Waals surface area contributed by atoms with Crippen LogP contribution in [0.3, 0.4) is 0 Å². The van der Waals surface area contributed by atoms with Crippen molar-refractivity contribution in [1.29, 1.82) is 0 Å². The summed E-state index contributed by atoms with van der Waals surface area (Å²) in [7, 11) is -4.29. The van der Waals surface area contributed by atoms with Gasteiger partial charge in [0.25, 0.3) is 0 Å². The molecule has 13 heteroatoms. The van der Waals surface area contributed by atoms with Crippen molar-refractivity contribution >= 4 is 27.5 Å². The Balaban J connectivity index is 1.41. The molecule has 1 N–H and O–H groups in total. The summed E-state index contributed by atoms with van der Waals surface area (Å²) in [6.45, 7) is 1.61. The quantitative estimate of drug-likeness (QED) is 0.610. The van der Waals surface area contributed by atoms with Gasteiger partial charge in [-0.3, -0.25) is 4.90 Å². The molecule has 0 spiro atoms. The number of carbonyl (C=O) groups is 1. The van der Waals surface area contributed by atoms with E-state index in [-0.39, 0.29) is 18.8 Å². The fraction of sp³-hybridized carbons (Fsp3) is 0.381. The van der Waals surface area contributed by atoms with Crippen molar-refractivity contribution in [2.45, 2.75) is 17.2 Å². The van der Waals surface area contributed by atoms with E-state index in [1.807, 2.05) is 4.90 Å². The van der Waals surface area contributed by atoms with Crippen LogP contribution in [0.25, 0.3) is 0 Å². The zero-order valence-corrected chi connectivity index (χ0v) is 18.5. The molecule has 0 saturated carbocycles. The van der Waals surface area contributed by atoms with Crippen molar-refractivity contribution in [3.05, 3.63) is 53.8 Å². The Kier molecular flexibility index (Phi) is 6.69. The van der Waals surface area contributed by atoms with Crippen LogP contribution in [0.1, 0.15) is 5.56 Å². The number of carbonyl (C=O) groups excluding carboxylic acids is 1. The highest BCUT2D eigenvalue weighted by Gasteiger charge is 2.35. The summed E-state index contributed by atoms with van der Waals surface area (Å²) >= 11 is 0. The van der Waals surface area contributed by atoms with Gasteiger partial charge in [-0.1, -0.05) is 6.07 Å². The molecule has 2 saturated heterocycles. The third-order valence-electron chi connectivity index (χ3n) is 5.44. The lowest BCUT2D eigenvalue weighted by Crippen LogP contribution is -2.37. The van der Waals surface area contributed by atoms with E-state index in [9.17, 15) is 30.8 Å². The number of cyclic esters (lactones) is 1. The highest BCUT2D eigenvalue weighted by Crippen LogP contribution is 2.31. The van der Waals surface area contributed by atoms with Crippen LogP contribution in [0.4, 0.5) is 33.7 Å². The number of ether oxygens (including phenoxy) is 2. The lowest BCUT2D eigenvalue weighted by atomic mass is 10.2. The van der Waals surface area contributed by atoms with Gasteiger partial charge >= 0.3 is 12.3 Å². The Hall–Kier alpha value is -2.90. The van der Waals surface area contributed by atoms with E-state index < -0.39 is 44.7 Å². The number of alkyl halides is 3. The fourth-order valence-electron chi connectivity index (χ4n) is 3.69. The number of anilines is 2. The predicted octanol–water partition coefficient (Wildman–Crippen LogP) is 2.98. The van der Waals surface area contributed by atoms with Crippen LogP contribution in [-0.2, 0) is 25.7 Å². The maximum absolute atomic E-state index is 14.7. The van der Waals surface area contributed by atoms with Crippen LogP contribution in [0, 0.1) is 5.82 Å². The Bertz CT molecular complexity index is 1170. The van der Waals surface area contributed by atoms with E-state index in [0.29, 0.717) is 38.1 Å². The summed E-state index contributed by atoms with van der Waals surface area (Å²) in [5, 5.41) is 0. The minimum Gasteiger partial charge on any atom is -0.443 e. The highest BCUT2D eigenvalue weighted by molar-refractivity contribution is 7.89. The van der Waals surface area contributed by atoms with Gasteiger partial charge in [0.05, 0.1) is 41.6 Å². The topological polar surface area (TPSA) is 88.2 Å². The number of hydrogen-bond donors (Lipinski definition) is 1. The van der Waals surface area contributed by atoms with Gasteiger partial charge in [-0.15, -0.1) is 0 Å². The molecule has 0 bridgehead atoms. The molecule has 4 rings (SSSR count). The average Bonchev–Trinajstić information content (AvgIpc) is 3.18. The molecule has 184 valence electrons. The summed E-state index contributed by atoms with van der Waals surface area (Å²) in [5.41, 5.74) is -0.482. The van der Waals surface area contributed by atoms with Crippen molar-refractivity contribution in [3.63, 3.8) is 0 Å². The molecule has 1 atom stereocenters. The van der Waals surface area contributed by atoms with Crippen molar-refractivity contribution in [2.24, 2.45) is 0 Å². The number of halogens is 4. The van der Waals surface area contributed by atoms with Crippen molar-refractivity contribution in [2.75, 3.05) is 49.2 Å². The number of hydrogen-bond acceptors (Lipinski definition) is 6. The number of rotatable bonds is 6. The van der Waals surface area contributed by atoms with Crippen LogP contribution in [-0.4, -0.2) is 60.0 Å². The molecule has 2 aromatic carbocycles. The number of nitrogens with zero attached hydrogens (tertiary/aromatic N) is 2. The van der Waals surface area contributed by atoms with E-state index in [1.54, 1.807) is 12.1 Å². The lowest BCUT2D eigenvalue weighted by molar-refractivity contribution is -0.137. The van der Waals surface area contributed by atoms with E-state index in [2.05, 4.69) is 4.72 Å². The zero-order chi connectivity index (χ0) is 24.5. The second kappa shape index (κ2) is 9.39. The summed E-state index contributed by atoms with van der Waals surface area (Å²) in [6, 6.07) is 7.61. The molecule has 2 aliphatic heterocycles. The molecule has 2 heterocycles. The van der Waals surface area contributed by atoms with Crippen molar-refractivity contribution < 1.29 is 40.2 Å². The largest absolute Gasteiger partial charge is 0.443 e. The highest BCUT2D eigenvalue weighted by atomic mass is 32.2. The molecule has 0 aliphatic carbocycles. The number of amides is 1. The smallest absolute Gasteiger partial charge is 0.416 e. The Morgan fingerprint density at radius 1 is 1.09 bits per heavy atom. The van der Waals surface area contributed by atoms with E-state index >= 15 is 0 Å². The first-order valence-electron chi connectivity index (χ1n) is 10.3. The average molecular weight is 503 g/mol. The van der Waals surface area contributed by atoms with Gasteiger partial charge in [0.2, 0.25) is 10.0 Å². The van der Waals surface area contributed by atoms with Gasteiger partial charge in [-0.25, -0.2) is 22.3 Å². The normalized spacial score (nSPS) is 19.4. The van der Waals surface area contributed by atoms with Crippen LogP contribution < -0.4 is 14.5 Å². The summed E-state index contributed by atoms with van der Waals surface area (Å²) in [4.78, 5) is 14.7. The molecule has 0 unspecified atom stereocenters. The summed E-state index contributed by atoms with van der Waals surface area (Å²) in [6.07, 6.45) is -6.41. The molecular formula is C21H21F4N3O5S. The summed E-state index contributed by atoms with van der Waals surface area (Å²) in [5.74, 6) is -0.527. The Morgan fingerprint density at radius 2 is 1.82 bits per heavy atom. The fourth-order valence-corrected chi connectivity index (χ4v) is 4.80. The van der Waals surface area contributed by atoms with Crippen LogP contribution >= 0.6 is 0 Å². The van der Waals surface area contributed by atoms with E-state index in [0.717, 1.165) is 23.1 Å². The first-order chi connectivity index (χ1) is 16.0. The maximum Gasteiger partial charge on any atom is 0.416 e. The van der Waals surface area contributed by atoms with Gasteiger partial charge in [-0.2, -0.15) is 13.2 Å². The minimum atomic E-state index is -4.69. The molecule has 2 aliphatic rings. The zero-order valence-electron chi connectivity index (χ0n) is 17.7.